The number of hydrogen-bond acceptors (Lipinski definition) is 4. The maximum absolute atomic E-state index is 6.45. The molecule has 4 aromatic rings. The van der Waals surface area contributed by atoms with E-state index in [0.29, 0.717) is 5.78 Å². The maximum atomic E-state index is 6.45. The van der Waals surface area contributed by atoms with Gasteiger partial charge in [0.2, 0.25) is 5.78 Å². The Bertz CT molecular complexity index is 1080. The van der Waals surface area contributed by atoms with Crippen LogP contribution in [0.2, 0.25) is 5.02 Å². The van der Waals surface area contributed by atoms with Gasteiger partial charge < -0.3 is 4.74 Å². The van der Waals surface area contributed by atoms with Crippen molar-refractivity contribution in [1.82, 2.24) is 14.4 Å². The third-order valence-corrected chi connectivity index (χ3v) is 5.41. The summed E-state index contributed by atoms with van der Waals surface area (Å²) in [6.45, 7) is 0. The van der Waals surface area contributed by atoms with Crippen LogP contribution < -0.4 is 4.74 Å². The molecule has 0 unspecified atom stereocenters. The predicted octanol–water partition coefficient (Wildman–Crippen LogP) is 5.45. The van der Waals surface area contributed by atoms with Gasteiger partial charge in [-0.15, -0.1) is 11.8 Å². The first-order valence-electron chi connectivity index (χ1n) is 8.02. The van der Waals surface area contributed by atoms with Gasteiger partial charge in [0, 0.05) is 28.4 Å². The van der Waals surface area contributed by atoms with Crippen LogP contribution in [0.5, 0.6) is 5.75 Å². The molecule has 4 nitrogen and oxygen atoms in total. The van der Waals surface area contributed by atoms with E-state index in [1.807, 2.05) is 59.3 Å². The lowest BCUT2D eigenvalue weighted by Gasteiger charge is -2.08. The molecule has 2 aromatic carbocycles. The molecule has 0 aliphatic rings. The summed E-state index contributed by atoms with van der Waals surface area (Å²) in [6.07, 6.45) is 5.73. The van der Waals surface area contributed by atoms with Crippen LogP contribution in [0.4, 0.5) is 0 Å². The van der Waals surface area contributed by atoms with Crippen LogP contribution in [0.15, 0.2) is 65.8 Å². The second kappa shape index (κ2) is 7.02. The van der Waals surface area contributed by atoms with Crippen LogP contribution in [0, 0.1) is 0 Å². The molecule has 2 aromatic heterocycles. The highest BCUT2D eigenvalue weighted by Crippen LogP contribution is 2.36. The van der Waals surface area contributed by atoms with E-state index in [9.17, 15) is 0 Å². The van der Waals surface area contributed by atoms with Gasteiger partial charge in [-0.05, 0) is 48.7 Å². The van der Waals surface area contributed by atoms with Gasteiger partial charge in [0.15, 0.2) is 0 Å². The fourth-order valence-electron chi connectivity index (χ4n) is 2.93. The molecular weight excluding hydrogens is 366 g/mol. The molecule has 26 heavy (non-hydrogen) atoms. The van der Waals surface area contributed by atoms with Crippen molar-refractivity contribution in [2.45, 2.75) is 4.90 Å². The first kappa shape index (κ1) is 16.9. The zero-order chi connectivity index (χ0) is 18.1. The number of ether oxygens (including phenoxy) is 1. The summed E-state index contributed by atoms with van der Waals surface area (Å²) in [4.78, 5) is 10.2. The average Bonchev–Trinajstić information content (AvgIpc) is 3.07. The van der Waals surface area contributed by atoms with Gasteiger partial charge in [-0.25, -0.2) is 9.97 Å². The van der Waals surface area contributed by atoms with Crippen LogP contribution in [0.25, 0.3) is 28.3 Å². The number of hydrogen-bond donors (Lipinski definition) is 0. The molecule has 0 radical (unpaired) electrons. The van der Waals surface area contributed by atoms with Crippen molar-refractivity contribution in [2.75, 3.05) is 13.4 Å². The van der Waals surface area contributed by atoms with Gasteiger partial charge in [0.1, 0.15) is 5.75 Å². The van der Waals surface area contributed by atoms with E-state index in [1.165, 1.54) is 0 Å². The van der Waals surface area contributed by atoms with Gasteiger partial charge >= 0.3 is 0 Å². The molecule has 0 N–H and O–H groups in total. The Kier molecular flexibility index (Phi) is 4.57. The fraction of sp³-hybridized carbons (Fsp3) is 0.100. The Balaban J connectivity index is 1.96. The molecule has 0 spiro atoms. The molecule has 0 saturated heterocycles. The summed E-state index contributed by atoms with van der Waals surface area (Å²) in [7, 11) is 1.66. The molecule has 6 heteroatoms. The SMILES string of the molecule is COc1ccc(-c2nc3ncccn3c2-c2ccc(SC)c(Cl)c2)cc1. The number of thioether (sulfide) groups is 1. The molecule has 2 heterocycles. The number of aromatic nitrogens is 3. The van der Waals surface area contributed by atoms with Crippen LogP contribution in [0.1, 0.15) is 0 Å². The number of fused-ring (bicyclic) bond motifs is 1. The van der Waals surface area contributed by atoms with Crippen LogP contribution in [-0.2, 0) is 0 Å². The number of benzene rings is 2. The molecule has 4 rings (SSSR count). The van der Waals surface area contributed by atoms with Crippen LogP contribution >= 0.6 is 23.4 Å². The summed E-state index contributed by atoms with van der Waals surface area (Å²) in [5, 5.41) is 0.731. The average molecular weight is 382 g/mol. The van der Waals surface area contributed by atoms with Crippen molar-refractivity contribution < 1.29 is 4.74 Å². The van der Waals surface area contributed by atoms with E-state index in [-0.39, 0.29) is 0 Å². The lowest BCUT2D eigenvalue weighted by molar-refractivity contribution is 0.415. The summed E-state index contributed by atoms with van der Waals surface area (Å²) < 4.78 is 7.25. The molecule has 0 fully saturated rings. The van der Waals surface area contributed by atoms with Crippen molar-refractivity contribution in [3.8, 4) is 28.3 Å². The fourth-order valence-corrected chi connectivity index (χ4v) is 3.80. The van der Waals surface area contributed by atoms with E-state index >= 15 is 0 Å². The third-order valence-electron chi connectivity index (χ3n) is 4.19. The molecule has 0 bridgehead atoms. The first-order chi connectivity index (χ1) is 12.7. The Morgan fingerprint density at radius 3 is 2.54 bits per heavy atom. The van der Waals surface area contributed by atoms with E-state index in [1.54, 1.807) is 25.1 Å². The summed E-state index contributed by atoms with van der Waals surface area (Å²) >= 11 is 8.08. The second-order valence-corrected chi connectivity index (χ2v) is 6.93. The topological polar surface area (TPSA) is 39.4 Å². The minimum Gasteiger partial charge on any atom is -0.497 e. The van der Waals surface area contributed by atoms with Gasteiger partial charge in [0.05, 0.1) is 23.5 Å². The summed E-state index contributed by atoms with van der Waals surface area (Å²) in [5.74, 6) is 1.46. The van der Waals surface area contributed by atoms with Crippen molar-refractivity contribution in [1.29, 1.82) is 0 Å². The Labute approximate surface area is 160 Å². The second-order valence-electron chi connectivity index (χ2n) is 5.68. The Morgan fingerprint density at radius 2 is 1.85 bits per heavy atom. The van der Waals surface area contributed by atoms with Crippen LogP contribution in [0.3, 0.4) is 0 Å². The third kappa shape index (κ3) is 2.93. The molecule has 130 valence electrons. The summed E-state index contributed by atoms with van der Waals surface area (Å²) in [6, 6.07) is 15.9. The highest BCUT2D eigenvalue weighted by molar-refractivity contribution is 7.98. The predicted molar refractivity (Wildman–Crippen MR) is 107 cm³/mol. The van der Waals surface area contributed by atoms with Crippen molar-refractivity contribution in [3.63, 3.8) is 0 Å². The highest BCUT2D eigenvalue weighted by atomic mass is 35.5. The molecule has 0 saturated carbocycles. The Hall–Kier alpha value is -2.50. The number of halogens is 1. The van der Waals surface area contributed by atoms with E-state index in [4.69, 9.17) is 21.3 Å². The zero-order valence-corrected chi connectivity index (χ0v) is 15.9. The maximum Gasteiger partial charge on any atom is 0.234 e. The first-order valence-corrected chi connectivity index (χ1v) is 9.63. The highest BCUT2D eigenvalue weighted by Gasteiger charge is 2.17. The van der Waals surface area contributed by atoms with Crippen molar-refractivity contribution in [2.24, 2.45) is 0 Å². The van der Waals surface area contributed by atoms with Gasteiger partial charge in [-0.3, -0.25) is 4.40 Å². The zero-order valence-electron chi connectivity index (χ0n) is 14.3. The molecule has 0 amide bonds. The smallest absolute Gasteiger partial charge is 0.234 e. The molecular formula is C20H16ClN3OS. The van der Waals surface area contributed by atoms with Crippen molar-refractivity contribution >= 4 is 29.1 Å². The number of methoxy groups -OCH3 is 1. The lowest BCUT2D eigenvalue weighted by atomic mass is 10.0. The number of rotatable bonds is 4. The summed E-state index contributed by atoms with van der Waals surface area (Å²) in [5.41, 5.74) is 3.82. The van der Waals surface area contributed by atoms with E-state index in [2.05, 4.69) is 11.1 Å². The van der Waals surface area contributed by atoms with Gasteiger partial charge in [-0.2, -0.15) is 0 Å². The minimum atomic E-state index is 0.651. The quantitative estimate of drug-likeness (QED) is 0.441. The molecule has 0 aliphatic heterocycles. The minimum absolute atomic E-state index is 0.651. The van der Waals surface area contributed by atoms with E-state index < -0.39 is 0 Å². The number of nitrogens with zero attached hydrogens (tertiary/aromatic N) is 3. The monoisotopic (exact) mass is 381 g/mol. The van der Waals surface area contributed by atoms with Gasteiger partial charge in [-0.1, -0.05) is 17.7 Å². The van der Waals surface area contributed by atoms with Gasteiger partial charge in [0.25, 0.3) is 0 Å². The normalized spacial score (nSPS) is 11.0. The lowest BCUT2D eigenvalue weighted by Crippen LogP contribution is -1.91. The molecule has 0 aliphatic carbocycles. The van der Waals surface area contributed by atoms with Crippen LogP contribution in [-0.4, -0.2) is 27.7 Å². The van der Waals surface area contributed by atoms with Crippen molar-refractivity contribution in [3.05, 3.63) is 65.9 Å². The largest absolute Gasteiger partial charge is 0.497 e. The van der Waals surface area contributed by atoms with E-state index in [0.717, 1.165) is 38.2 Å². The standard InChI is InChI=1S/C20H16ClN3OS/c1-25-15-7-4-13(5-8-15)18-19(24-11-3-10-22-20(24)23-18)14-6-9-17(26-2)16(21)12-14/h3-12H,1-2H3. The number of imidazole rings is 1. The Morgan fingerprint density at radius 1 is 1.08 bits per heavy atom. The molecule has 0 atom stereocenters.